The molecule has 11 heteroatoms. The summed E-state index contributed by atoms with van der Waals surface area (Å²) in [5, 5.41) is 11.9. The normalized spacial score (nSPS) is 18.1. The van der Waals surface area contributed by atoms with Crippen molar-refractivity contribution in [2.24, 2.45) is 0 Å². The van der Waals surface area contributed by atoms with Gasteiger partial charge in [-0.05, 0) is 48.9 Å². The lowest BCUT2D eigenvalue weighted by Gasteiger charge is -2.22. The Balaban J connectivity index is 1.40. The average molecular weight is 546 g/mol. The number of halogens is 2. The molecule has 9 nitrogen and oxygen atoms in total. The summed E-state index contributed by atoms with van der Waals surface area (Å²) in [4.78, 5) is 38.5. The highest BCUT2D eigenvalue weighted by molar-refractivity contribution is 6.00. The van der Waals surface area contributed by atoms with Crippen molar-refractivity contribution in [1.29, 1.82) is 0 Å². The SMILES string of the molecule is C[C@]1(C(=O)Nc2cc(-c3ccccc3)cn(-c3ccc(C(=O)O)cc3)c2=O)COc2cc3c(cc21)OC(F)(F)O3. The van der Waals surface area contributed by atoms with Crippen molar-refractivity contribution in [1.82, 2.24) is 4.57 Å². The fraction of sp³-hybridized carbons (Fsp3) is 0.138. The van der Waals surface area contributed by atoms with E-state index in [2.05, 4.69) is 14.8 Å². The Bertz CT molecular complexity index is 1740. The second-order valence-electron chi connectivity index (χ2n) is 9.57. The number of benzene rings is 3. The van der Waals surface area contributed by atoms with Gasteiger partial charge < -0.3 is 24.6 Å². The van der Waals surface area contributed by atoms with Crippen LogP contribution in [-0.2, 0) is 10.2 Å². The Hall–Kier alpha value is -5.19. The Kier molecular flexibility index (Phi) is 5.61. The summed E-state index contributed by atoms with van der Waals surface area (Å²) in [6.07, 6.45) is -2.23. The summed E-state index contributed by atoms with van der Waals surface area (Å²) >= 11 is 0. The third-order valence-corrected chi connectivity index (χ3v) is 6.88. The molecule has 4 aromatic rings. The van der Waals surface area contributed by atoms with Gasteiger partial charge in [-0.1, -0.05) is 30.3 Å². The zero-order valence-electron chi connectivity index (χ0n) is 20.8. The molecule has 202 valence electrons. The summed E-state index contributed by atoms with van der Waals surface area (Å²) in [5.41, 5.74) is 0.150. The molecule has 0 radical (unpaired) electrons. The molecule has 0 aliphatic carbocycles. The van der Waals surface area contributed by atoms with Crippen LogP contribution in [0.4, 0.5) is 14.5 Å². The number of pyridine rings is 1. The maximum atomic E-state index is 13.7. The molecule has 3 aromatic carbocycles. The van der Waals surface area contributed by atoms with Crippen molar-refractivity contribution in [3.8, 4) is 34.1 Å². The largest absolute Gasteiger partial charge is 0.586 e. The summed E-state index contributed by atoms with van der Waals surface area (Å²) in [5.74, 6) is -1.96. The Morgan fingerprint density at radius 3 is 2.27 bits per heavy atom. The molecule has 0 saturated heterocycles. The maximum Gasteiger partial charge on any atom is 0.586 e. The van der Waals surface area contributed by atoms with Crippen LogP contribution in [0, 0.1) is 0 Å². The van der Waals surface area contributed by atoms with Gasteiger partial charge in [0.1, 0.15) is 23.5 Å². The quantitative estimate of drug-likeness (QED) is 0.369. The zero-order valence-corrected chi connectivity index (χ0v) is 20.8. The maximum absolute atomic E-state index is 13.7. The molecular formula is C29H20F2N2O7. The first-order valence-corrected chi connectivity index (χ1v) is 12.1. The molecule has 40 heavy (non-hydrogen) atoms. The second kappa shape index (κ2) is 8.94. The summed E-state index contributed by atoms with van der Waals surface area (Å²) in [6, 6.07) is 19.0. The highest BCUT2D eigenvalue weighted by atomic mass is 19.3. The van der Waals surface area contributed by atoms with Crippen LogP contribution in [0.15, 0.2) is 83.8 Å². The molecule has 6 rings (SSSR count). The number of fused-ring (bicyclic) bond motifs is 2. The van der Waals surface area contributed by atoms with E-state index in [9.17, 15) is 28.3 Å². The Morgan fingerprint density at radius 2 is 1.60 bits per heavy atom. The number of aromatic nitrogens is 1. The fourth-order valence-electron chi connectivity index (χ4n) is 4.69. The number of nitrogens with one attached hydrogen (secondary N) is 1. The van der Waals surface area contributed by atoms with E-state index in [0.717, 1.165) is 5.56 Å². The van der Waals surface area contributed by atoms with E-state index in [1.807, 2.05) is 30.3 Å². The summed E-state index contributed by atoms with van der Waals surface area (Å²) in [6.45, 7) is 1.45. The fourth-order valence-corrected chi connectivity index (χ4v) is 4.69. The number of aromatic carboxylic acids is 1. The van der Waals surface area contributed by atoms with Gasteiger partial charge in [0.05, 0.1) is 5.56 Å². The molecule has 2 aliphatic heterocycles. The minimum atomic E-state index is -3.83. The van der Waals surface area contributed by atoms with E-state index in [0.29, 0.717) is 16.8 Å². The molecule has 2 aliphatic rings. The van der Waals surface area contributed by atoms with Crippen molar-refractivity contribution >= 4 is 17.6 Å². The molecule has 0 fully saturated rings. The number of carboxylic acids is 1. The van der Waals surface area contributed by atoms with Crippen molar-refractivity contribution in [3.63, 3.8) is 0 Å². The highest BCUT2D eigenvalue weighted by Crippen LogP contribution is 2.50. The van der Waals surface area contributed by atoms with Crippen molar-refractivity contribution in [3.05, 3.63) is 100 Å². The molecule has 1 atom stereocenters. The lowest BCUT2D eigenvalue weighted by atomic mass is 9.83. The number of carboxylic acid groups (broad SMARTS) is 1. The van der Waals surface area contributed by atoms with Gasteiger partial charge >= 0.3 is 12.3 Å². The molecule has 1 aromatic heterocycles. The Morgan fingerprint density at radius 1 is 0.925 bits per heavy atom. The molecule has 0 bridgehead atoms. The molecule has 2 N–H and O–H groups in total. The number of carbonyl (C=O) groups excluding carboxylic acids is 1. The first-order chi connectivity index (χ1) is 19.0. The third kappa shape index (κ3) is 4.21. The molecular weight excluding hydrogens is 526 g/mol. The van der Waals surface area contributed by atoms with Crippen molar-refractivity contribution < 1.29 is 37.7 Å². The predicted molar refractivity (Wildman–Crippen MR) is 139 cm³/mol. The van der Waals surface area contributed by atoms with Crippen LogP contribution in [-0.4, -0.2) is 34.5 Å². The van der Waals surface area contributed by atoms with Crippen LogP contribution in [0.5, 0.6) is 17.2 Å². The van der Waals surface area contributed by atoms with Gasteiger partial charge in [0, 0.05) is 29.1 Å². The highest BCUT2D eigenvalue weighted by Gasteiger charge is 2.49. The minimum absolute atomic E-state index is 0.0457. The topological polar surface area (TPSA) is 116 Å². The number of carbonyl (C=O) groups is 2. The number of rotatable bonds is 5. The van der Waals surface area contributed by atoms with E-state index >= 15 is 0 Å². The molecule has 0 saturated carbocycles. The van der Waals surface area contributed by atoms with E-state index in [1.54, 1.807) is 13.1 Å². The van der Waals surface area contributed by atoms with Crippen LogP contribution < -0.4 is 25.1 Å². The van der Waals surface area contributed by atoms with Crippen LogP contribution in [0.3, 0.4) is 0 Å². The standard InChI is InChI=1S/C29H20F2N2O7/c1-28(15-38-22-13-24-23(12-20(22)28)39-29(30,31)40-24)27(37)32-21-11-18(16-5-3-2-4-6-16)14-33(25(21)34)19-9-7-17(8-10-19)26(35)36/h2-14H,15H2,1H3,(H,32,37)(H,35,36)/t28-/m0/s1. The van der Waals surface area contributed by atoms with Gasteiger partial charge in [0.15, 0.2) is 11.5 Å². The molecule has 0 spiro atoms. The van der Waals surface area contributed by atoms with E-state index in [1.165, 1.54) is 47.0 Å². The third-order valence-electron chi connectivity index (χ3n) is 6.88. The van der Waals surface area contributed by atoms with Gasteiger partial charge in [0.25, 0.3) is 5.56 Å². The van der Waals surface area contributed by atoms with Crippen LogP contribution in [0.25, 0.3) is 16.8 Å². The van der Waals surface area contributed by atoms with Gasteiger partial charge in [-0.2, -0.15) is 0 Å². The number of anilines is 1. The zero-order chi connectivity index (χ0) is 28.2. The molecule has 1 amide bonds. The van der Waals surface area contributed by atoms with Gasteiger partial charge in [-0.25, -0.2) is 4.79 Å². The van der Waals surface area contributed by atoms with Gasteiger partial charge in [-0.3, -0.25) is 14.2 Å². The molecule has 0 unspecified atom stereocenters. The van der Waals surface area contributed by atoms with Crippen LogP contribution >= 0.6 is 0 Å². The minimum Gasteiger partial charge on any atom is -0.492 e. The van der Waals surface area contributed by atoms with Crippen molar-refractivity contribution in [2.75, 3.05) is 11.9 Å². The van der Waals surface area contributed by atoms with Crippen molar-refractivity contribution in [2.45, 2.75) is 18.6 Å². The van der Waals surface area contributed by atoms with Gasteiger partial charge in [-0.15, -0.1) is 8.78 Å². The number of amides is 1. The first kappa shape index (κ1) is 25.1. The molecule has 3 heterocycles. The van der Waals surface area contributed by atoms with Crippen LogP contribution in [0.1, 0.15) is 22.8 Å². The van der Waals surface area contributed by atoms with Crippen LogP contribution in [0.2, 0.25) is 0 Å². The number of nitrogens with zero attached hydrogens (tertiary/aromatic N) is 1. The lowest BCUT2D eigenvalue weighted by Crippen LogP contribution is -2.40. The number of alkyl halides is 2. The van der Waals surface area contributed by atoms with E-state index < -0.39 is 29.1 Å². The number of hydrogen-bond donors (Lipinski definition) is 2. The van der Waals surface area contributed by atoms with Gasteiger partial charge in [0.2, 0.25) is 5.91 Å². The van der Waals surface area contributed by atoms with E-state index in [-0.39, 0.29) is 35.1 Å². The summed E-state index contributed by atoms with van der Waals surface area (Å²) < 4.78 is 43.2. The predicted octanol–water partition coefficient (Wildman–Crippen LogP) is 4.81. The first-order valence-electron chi connectivity index (χ1n) is 12.1. The number of ether oxygens (including phenoxy) is 3. The smallest absolute Gasteiger partial charge is 0.492 e. The second-order valence-corrected chi connectivity index (χ2v) is 9.57. The lowest BCUT2D eigenvalue weighted by molar-refractivity contribution is -0.286. The monoisotopic (exact) mass is 546 g/mol. The number of hydrogen-bond acceptors (Lipinski definition) is 6. The average Bonchev–Trinajstić information content (AvgIpc) is 3.43. The van der Waals surface area contributed by atoms with E-state index in [4.69, 9.17) is 4.74 Å². The summed E-state index contributed by atoms with van der Waals surface area (Å²) in [7, 11) is 0. The Labute approximate surface area is 225 Å².